The summed E-state index contributed by atoms with van der Waals surface area (Å²) in [6.45, 7) is 23.7. The van der Waals surface area contributed by atoms with Gasteiger partial charge >= 0.3 is 5.97 Å². The van der Waals surface area contributed by atoms with Crippen LogP contribution in [0.2, 0.25) is 0 Å². The molecule has 0 bridgehead atoms. The number of esters is 1. The Bertz CT molecular complexity index is 7550. The zero-order valence-corrected chi connectivity index (χ0v) is 88.0. The number of thiazole rings is 2. The molecule has 4 amide bonds. The number of primary sulfonamides is 1. The molecule has 0 atom stereocenters. The van der Waals surface area contributed by atoms with Gasteiger partial charge < -0.3 is 40.3 Å². The Hall–Kier alpha value is -15.4. The van der Waals surface area contributed by atoms with Crippen molar-refractivity contribution in [3.05, 3.63) is 339 Å². The first-order valence-electron chi connectivity index (χ1n) is 44.2. The third-order valence-corrected chi connectivity index (χ3v) is 31.8. The standard InChI is InChI=1S/C18H16O4S.C16H14N2O3S.2C15H13N3O4S.2C14H13N3O4S2.4C2H6/c1-12-3-5-14(6-4-12)17-16(11-22-18(17)19)13-7-9-15(10-8-13)23(2,20)21;1-11-15(12-7-9-14(10-8-12)22(17,19)20)16(18-21-11)13-5-3-2-4-6-13;2*1-18-13(15(20)17-12-8-4-5-9-16-12)14(19)10-6-2-3-7-11(10)23(18,21)22;2*1-8-7-15-14(22-8)16-13(19)11-12(18)9-5-3-4-6-10(9)23(20,21)17(11)2;4*1-2/h3-10H,11H2,1-2H3;2-10H,1H3,(H2,17,19,20);2*2-9,19H,1H3,(H,16,17,20);2*3-7,18H,1-2H3,(H,15,16,19);4*1-2H3. The van der Waals surface area contributed by atoms with E-state index in [0.29, 0.717) is 21.6 Å². The van der Waals surface area contributed by atoms with Gasteiger partial charge in [0.2, 0.25) is 10.0 Å². The van der Waals surface area contributed by atoms with Crippen LogP contribution in [0.25, 0.3) is 56.6 Å². The third kappa shape index (κ3) is 25.8. The number of hydrogen-bond acceptors (Lipinski definition) is 30. The van der Waals surface area contributed by atoms with Crippen LogP contribution >= 0.6 is 22.7 Å². The van der Waals surface area contributed by atoms with Crippen LogP contribution < -0.4 is 26.4 Å². The highest BCUT2D eigenvalue weighted by Gasteiger charge is 2.43. The molecule has 18 rings (SSSR count). The van der Waals surface area contributed by atoms with E-state index in [9.17, 15) is 94.9 Å². The van der Waals surface area contributed by atoms with Gasteiger partial charge in [-0.2, -0.15) is 0 Å². The average Bonchev–Trinajstić information content (AvgIpc) is 1.24. The molecule has 0 saturated heterocycles. The second-order valence-corrected chi connectivity index (χ2v) is 43.7. The lowest BCUT2D eigenvalue weighted by Crippen LogP contribution is -2.37. The van der Waals surface area contributed by atoms with E-state index in [2.05, 4.69) is 46.4 Å². The number of anilines is 4. The molecule has 0 unspecified atom stereocenters. The summed E-state index contributed by atoms with van der Waals surface area (Å²) in [7, 11) is -17.7. The number of likely N-dealkylation sites (N-methyl/N-ethyl adjacent to an activating group) is 4. The molecule has 0 spiro atoms. The topological polar surface area (TPSA) is 545 Å². The summed E-state index contributed by atoms with van der Waals surface area (Å²) in [5.74, 6) is -3.74. The first-order chi connectivity index (χ1) is 68.8. The number of carbonyl (C=O) groups is 5. The number of carbonyl (C=O) groups excluding carboxylic acids is 5. The first kappa shape index (κ1) is 113. The van der Waals surface area contributed by atoms with Crippen molar-refractivity contribution in [2.24, 2.45) is 5.14 Å². The zero-order valence-electron chi connectivity index (χ0n) is 81.4. The molecular formula is C100H106N14O23S8. The van der Waals surface area contributed by atoms with Crippen LogP contribution in [0.4, 0.5) is 21.9 Å². The monoisotopic (exact) mass is 2130 g/mol. The average molecular weight is 2130 g/mol. The highest BCUT2D eigenvalue weighted by Crippen LogP contribution is 2.42. The van der Waals surface area contributed by atoms with E-state index in [4.69, 9.17) is 14.4 Å². The van der Waals surface area contributed by atoms with Gasteiger partial charge in [0.05, 0.1) is 40.5 Å². The fourth-order valence-corrected chi connectivity index (χ4v) is 22.0. The van der Waals surface area contributed by atoms with Gasteiger partial charge in [-0.25, -0.2) is 80.4 Å². The van der Waals surface area contributed by atoms with E-state index in [0.717, 1.165) is 71.6 Å². The number of aliphatic hydroxyl groups excluding tert-OH is 4. The van der Waals surface area contributed by atoms with E-state index < -0.39 is 95.1 Å². The van der Waals surface area contributed by atoms with Gasteiger partial charge in [0.25, 0.3) is 63.7 Å². The Labute approximate surface area is 849 Å². The number of aromatic nitrogens is 5. The van der Waals surface area contributed by atoms with Crippen LogP contribution in [0.3, 0.4) is 0 Å². The summed E-state index contributed by atoms with van der Waals surface area (Å²) in [6.07, 6.45) is 7.32. The van der Waals surface area contributed by atoms with Gasteiger partial charge in [0, 0.05) is 102 Å². The third-order valence-electron chi connectivity index (χ3n) is 20.8. The Balaban J connectivity index is 0.000000191. The van der Waals surface area contributed by atoms with Gasteiger partial charge in [-0.1, -0.05) is 206 Å². The van der Waals surface area contributed by atoms with Crippen molar-refractivity contribution in [1.29, 1.82) is 0 Å². The minimum Gasteiger partial charge on any atom is -0.505 e. The Morgan fingerprint density at radius 2 is 0.710 bits per heavy atom. The van der Waals surface area contributed by atoms with E-state index in [1.807, 2.05) is 138 Å². The van der Waals surface area contributed by atoms with Crippen LogP contribution in [-0.4, -0.2) is 184 Å². The van der Waals surface area contributed by atoms with Gasteiger partial charge in [0.15, 0.2) is 65.9 Å². The maximum Gasteiger partial charge on any atom is 0.339 e. The maximum atomic E-state index is 12.5. The SMILES string of the molecule is CC.CC.CC.CC.CN1C(C(=O)Nc2ccccn2)=C(O)c2ccccc2S1(=O)=O.CN1C(C(=O)Nc2ccccn2)=C(O)c2ccccc2S1(=O)=O.Cc1ccc(C2=C(c3ccc(S(C)(=O)=O)cc3)COC2=O)cc1.Cc1cnc(NC(=O)C2=C(O)c3ccccc3S(=O)(=O)N2C)s1.Cc1cnc(NC(=O)C2=C(O)c3ccccc3S(=O)(=O)N2C)s1.Cc1onc(-c2ccccc2)c1-c1ccc(S(N)(=O)=O)cc1. The minimum atomic E-state index is -3.91. The molecule has 0 radical (unpaired) electrons. The Morgan fingerprint density at radius 3 is 1.03 bits per heavy atom. The summed E-state index contributed by atoms with van der Waals surface area (Å²) >= 11 is 2.51. The Morgan fingerprint density at radius 1 is 0.393 bits per heavy atom. The number of aryl methyl sites for hydroxylation is 4. The number of fused-ring (bicyclic) bond motifs is 4. The molecule has 10 N–H and O–H groups in total. The molecule has 0 saturated carbocycles. The number of pyridine rings is 2. The maximum absolute atomic E-state index is 12.5. The number of nitrogens with zero attached hydrogens (tertiary/aromatic N) is 9. The molecule has 5 aliphatic heterocycles. The van der Waals surface area contributed by atoms with E-state index in [1.165, 1.54) is 130 Å². The first-order valence-corrected chi connectivity index (χ1v) is 55.1. The zero-order chi connectivity index (χ0) is 107. The molecule has 45 heteroatoms. The molecule has 37 nitrogen and oxygen atoms in total. The quantitative estimate of drug-likeness (QED) is 0.0457. The molecule has 0 fully saturated rings. The molecule has 8 aromatic carbocycles. The van der Waals surface area contributed by atoms with Crippen molar-refractivity contribution in [3.8, 4) is 22.4 Å². The largest absolute Gasteiger partial charge is 0.505 e. The van der Waals surface area contributed by atoms with Crippen molar-refractivity contribution in [3.63, 3.8) is 0 Å². The second kappa shape index (κ2) is 49.1. The number of nitrogens with two attached hydrogens (primary N) is 1. The number of sulfone groups is 1. The molecule has 10 heterocycles. The van der Waals surface area contributed by atoms with Crippen molar-refractivity contribution >= 4 is 168 Å². The van der Waals surface area contributed by atoms with Gasteiger partial charge in [-0.05, 0) is 141 Å². The van der Waals surface area contributed by atoms with Crippen molar-refractivity contribution < 1.29 is 104 Å². The molecule has 13 aromatic rings. The molecule has 762 valence electrons. The highest BCUT2D eigenvalue weighted by atomic mass is 32.2. The summed E-state index contributed by atoms with van der Waals surface area (Å²) in [4.78, 5) is 79.6. The number of amides is 4. The van der Waals surface area contributed by atoms with E-state index in [1.54, 1.807) is 134 Å². The molecule has 145 heavy (non-hydrogen) atoms. The van der Waals surface area contributed by atoms with Crippen LogP contribution in [-0.2, 0) is 88.7 Å². The lowest BCUT2D eigenvalue weighted by molar-refractivity contribution is -0.134. The normalized spacial score (nSPS) is 14.5. The predicted molar refractivity (Wildman–Crippen MR) is 558 cm³/mol. The second-order valence-electron chi connectivity index (χ2n) is 30.0. The number of hydrogen-bond donors (Lipinski definition) is 9. The summed E-state index contributed by atoms with van der Waals surface area (Å²) in [5.41, 5.74) is 6.36. The number of sulfonamides is 5. The number of aliphatic hydroxyl groups is 4. The van der Waals surface area contributed by atoms with Crippen LogP contribution in [0.1, 0.15) is 110 Å². The lowest BCUT2D eigenvalue weighted by Gasteiger charge is -2.28. The summed E-state index contributed by atoms with van der Waals surface area (Å²) in [5, 5.41) is 61.3. The molecular weight excluding hydrogens is 2020 g/mol. The smallest absolute Gasteiger partial charge is 0.339 e. The van der Waals surface area contributed by atoms with Crippen LogP contribution in [0, 0.1) is 27.7 Å². The van der Waals surface area contributed by atoms with E-state index in [-0.39, 0.29) is 110 Å². The summed E-state index contributed by atoms with van der Waals surface area (Å²) < 4.78 is 159. The van der Waals surface area contributed by atoms with Gasteiger partial charge in [-0.3, -0.25) is 47.0 Å². The predicted octanol–water partition coefficient (Wildman–Crippen LogP) is 17.0. The van der Waals surface area contributed by atoms with Crippen molar-refractivity contribution in [2.75, 3.05) is 62.3 Å². The number of cyclic esters (lactones) is 1. The Kier molecular flexibility index (Phi) is 38.3. The minimum absolute atomic E-state index is 0.0401. The van der Waals surface area contributed by atoms with Crippen molar-refractivity contribution in [1.82, 2.24) is 42.3 Å². The van der Waals surface area contributed by atoms with Gasteiger partial charge in [-0.15, -0.1) is 22.7 Å². The molecule has 0 aliphatic carbocycles. The molecule has 5 aromatic heterocycles. The fraction of sp³-hybridized carbons (Fsp3) is 0.180. The van der Waals surface area contributed by atoms with E-state index >= 15 is 0 Å². The van der Waals surface area contributed by atoms with Crippen molar-refractivity contribution in [2.45, 2.75) is 112 Å². The molecule has 5 aliphatic rings. The highest BCUT2D eigenvalue weighted by molar-refractivity contribution is 7.91. The fourth-order valence-electron chi connectivity index (χ4n) is 14.0. The number of rotatable bonds is 14. The van der Waals surface area contributed by atoms with Crippen LogP contribution in [0.5, 0.6) is 0 Å². The number of ether oxygens (including phenoxy) is 1. The number of nitrogens with one attached hydrogen (secondary N) is 4. The summed E-state index contributed by atoms with van der Waals surface area (Å²) in [6, 6.07) is 63.9. The van der Waals surface area contributed by atoms with Gasteiger partial charge in [0.1, 0.15) is 29.7 Å². The lowest BCUT2D eigenvalue weighted by atomic mass is 9.96. The van der Waals surface area contributed by atoms with Crippen LogP contribution in [0.15, 0.2) is 318 Å². The number of benzene rings is 8.